The third-order valence-corrected chi connectivity index (χ3v) is 7.33. The van der Waals surface area contributed by atoms with Crippen molar-refractivity contribution in [3.63, 3.8) is 0 Å². The molecule has 0 unspecified atom stereocenters. The van der Waals surface area contributed by atoms with Gasteiger partial charge in [0, 0.05) is 30.4 Å². The molecule has 0 radical (unpaired) electrons. The van der Waals surface area contributed by atoms with Gasteiger partial charge in [0.15, 0.2) is 0 Å². The predicted molar refractivity (Wildman–Crippen MR) is 112 cm³/mol. The summed E-state index contributed by atoms with van der Waals surface area (Å²) in [5.41, 5.74) is 1.81. The number of hydrogen-bond donors (Lipinski definition) is 0. The van der Waals surface area contributed by atoms with E-state index in [0.29, 0.717) is 18.7 Å². The summed E-state index contributed by atoms with van der Waals surface area (Å²) in [7, 11) is -2.25. The van der Waals surface area contributed by atoms with Gasteiger partial charge in [-0.05, 0) is 53.6 Å². The Hall–Kier alpha value is -2.22. The highest BCUT2D eigenvalue weighted by Crippen LogP contribution is 2.29. The van der Waals surface area contributed by atoms with Crippen molar-refractivity contribution in [2.45, 2.75) is 31.2 Å². The third-order valence-electron chi connectivity index (χ3n) is 4.52. The van der Waals surface area contributed by atoms with Crippen LogP contribution in [-0.4, -0.2) is 31.4 Å². The van der Waals surface area contributed by atoms with E-state index >= 15 is 0 Å². The minimum absolute atomic E-state index is 0.212. The molecule has 0 aliphatic rings. The number of ether oxygens (including phenoxy) is 1. The first-order chi connectivity index (χ1) is 13.5. The summed E-state index contributed by atoms with van der Waals surface area (Å²) in [6.45, 7) is 2.65. The number of aryl methyl sites for hydroxylation is 1. The second kappa shape index (κ2) is 9.32. The largest absolute Gasteiger partial charge is 0.495 e. The minimum atomic E-state index is -3.74. The molecule has 1 aromatic carbocycles. The molecule has 0 fully saturated rings. The zero-order valence-corrected chi connectivity index (χ0v) is 17.7. The monoisotopic (exact) mass is 416 g/mol. The second-order valence-electron chi connectivity index (χ2n) is 6.37. The van der Waals surface area contributed by atoms with Gasteiger partial charge in [-0.3, -0.25) is 4.98 Å². The zero-order chi connectivity index (χ0) is 20.0. The summed E-state index contributed by atoms with van der Waals surface area (Å²) in [6, 6.07) is 13.1. The van der Waals surface area contributed by atoms with Gasteiger partial charge in [0.25, 0.3) is 0 Å². The van der Waals surface area contributed by atoms with E-state index in [1.165, 1.54) is 11.4 Å². The van der Waals surface area contributed by atoms with Crippen LogP contribution >= 0.6 is 11.3 Å². The van der Waals surface area contributed by atoms with Gasteiger partial charge in [-0.15, -0.1) is 11.3 Å². The molecule has 2 aromatic heterocycles. The van der Waals surface area contributed by atoms with Crippen LogP contribution in [0, 0.1) is 0 Å². The molecule has 5 nitrogen and oxygen atoms in total. The van der Waals surface area contributed by atoms with Crippen LogP contribution in [0.3, 0.4) is 0 Å². The summed E-state index contributed by atoms with van der Waals surface area (Å²) < 4.78 is 34.0. The quantitative estimate of drug-likeness (QED) is 0.526. The number of pyridine rings is 1. The second-order valence-corrected chi connectivity index (χ2v) is 9.31. The highest BCUT2D eigenvalue weighted by Gasteiger charge is 2.28. The first-order valence-electron chi connectivity index (χ1n) is 9.13. The first-order valence-corrected chi connectivity index (χ1v) is 11.4. The lowest BCUT2D eigenvalue weighted by Crippen LogP contribution is -2.33. The number of rotatable bonds is 9. The molecule has 0 amide bonds. The Labute approximate surface area is 170 Å². The van der Waals surface area contributed by atoms with E-state index in [2.05, 4.69) is 4.98 Å². The molecule has 0 saturated carbocycles. The minimum Gasteiger partial charge on any atom is -0.495 e. The number of sulfonamides is 1. The topological polar surface area (TPSA) is 59.5 Å². The molecule has 28 heavy (non-hydrogen) atoms. The van der Waals surface area contributed by atoms with E-state index in [1.807, 2.05) is 42.6 Å². The fraction of sp³-hybridized carbons (Fsp3) is 0.286. The van der Waals surface area contributed by atoms with Gasteiger partial charge in [0.2, 0.25) is 10.0 Å². The predicted octanol–water partition coefficient (Wildman–Crippen LogP) is 4.15. The summed E-state index contributed by atoms with van der Waals surface area (Å²) in [5, 5.41) is 2.00. The van der Waals surface area contributed by atoms with Crippen LogP contribution in [-0.2, 0) is 29.4 Å². The van der Waals surface area contributed by atoms with Gasteiger partial charge in [-0.25, -0.2) is 8.42 Å². The number of benzene rings is 1. The molecule has 0 aliphatic carbocycles. The highest BCUT2D eigenvalue weighted by atomic mass is 32.2. The fourth-order valence-corrected chi connectivity index (χ4v) is 5.28. The first kappa shape index (κ1) is 20.5. The van der Waals surface area contributed by atoms with Gasteiger partial charge in [0.05, 0.1) is 7.11 Å². The van der Waals surface area contributed by atoms with Crippen LogP contribution < -0.4 is 4.74 Å². The summed E-state index contributed by atoms with van der Waals surface area (Å²) >= 11 is 1.63. The molecule has 0 aliphatic heterocycles. The molecule has 0 saturated heterocycles. The van der Waals surface area contributed by atoms with Gasteiger partial charge in [-0.2, -0.15) is 4.31 Å². The average molecular weight is 417 g/mol. The van der Waals surface area contributed by atoms with E-state index in [9.17, 15) is 8.42 Å². The van der Waals surface area contributed by atoms with E-state index in [1.54, 1.807) is 35.9 Å². The number of nitrogens with zero attached hydrogens (tertiary/aromatic N) is 2. The molecule has 0 bridgehead atoms. The Balaban J connectivity index is 1.97. The maximum absolute atomic E-state index is 13.6. The molecule has 3 aromatic rings. The van der Waals surface area contributed by atoms with Crippen molar-refractivity contribution >= 4 is 21.4 Å². The van der Waals surface area contributed by atoms with Crippen molar-refractivity contribution in [1.82, 2.24) is 9.29 Å². The van der Waals surface area contributed by atoms with Crippen molar-refractivity contribution < 1.29 is 13.2 Å². The fourth-order valence-electron chi connectivity index (χ4n) is 2.95. The molecule has 0 N–H and O–H groups in total. The Morgan fingerprint density at radius 1 is 1.14 bits per heavy atom. The number of thiophene rings is 1. The molecule has 2 heterocycles. The molecule has 0 atom stereocenters. The summed E-state index contributed by atoms with van der Waals surface area (Å²) in [4.78, 5) is 5.49. The van der Waals surface area contributed by atoms with Crippen molar-refractivity contribution in [3.8, 4) is 5.75 Å². The lowest BCUT2D eigenvalue weighted by molar-refractivity contribution is 0.387. The van der Waals surface area contributed by atoms with Gasteiger partial charge in [0.1, 0.15) is 10.6 Å². The standard InChI is InChI=1S/C21H24N2O3S2/c1-3-17-8-9-20(26-2)21(14-17)28(24,25)23(12-10-19-7-5-13-27-19)16-18-6-4-11-22-15-18/h4-9,11,13-15H,3,10,12,16H2,1-2H3. The summed E-state index contributed by atoms with van der Waals surface area (Å²) in [5.74, 6) is 0.365. The number of aromatic nitrogens is 1. The molecular weight excluding hydrogens is 392 g/mol. The normalized spacial score (nSPS) is 11.7. The van der Waals surface area contributed by atoms with Crippen molar-refractivity contribution in [2.75, 3.05) is 13.7 Å². The summed E-state index contributed by atoms with van der Waals surface area (Å²) in [6.07, 6.45) is 4.80. The number of methoxy groups -OCH3 is 1. The van der Waals surface area contributed by atoms with Crippen molar-refractivity contribution in [1.29, 1.82) is 0 Å². The molecule has 3 rings (SSSR count). The van der Waals surface area contributed by atoms with E-state index in [4.69, 9.17) is 4.74 Å². The molecule has 7 heteroatoms. The maximum Gasteiger partial charge on any atom is 0.247 e. The van der Waals surface area contributed by atoms with Gasteiger partial charge in [-0.1, -0.05) is 25.1 Å². The number of hydrogen-bond acceptors (Lipinski definition) is 5. The Kier molecular flexibility index (Phi) is 6.83. The van der Waals surface area contributed by atoms with Crippen LogP contribution in [0.1, 0.15) is 22.9 Å². The van der Waals surface area contributed by atoms with E-state index < -0.39 is 10.0 Å². The Morgan fingerprint density at radius 3 is 2.64 bits per heavy atom. The van der Waals surface area contributed by atoms with Crippen LogP contribution in [0.2, 0.25) is 0 Å². The Morgan fingerprint density at radius 2 is 2.00 bits per heavy atom. The van der Waals surface area contributed by atoms with Crippen LogP contribution in [0.5, 0.6) is 5.75 Å². The lowest BCUT2D eigenvalue weighted by Gasteiger charge is -2.23. The van der Waals surface area contributed by atoms with Crippen LogP contribution in [0.15, 0.2) is 65.1 Å². The smallest absolute Gasteiger partial charge is 0.247 e. The van der Waals surface area contributed by atoms with Crippen LogP contribution in [0.25, 0.3) is 0 Å². The van der Waals surface area contributed by atoms with Crippen molar-refractivity contribution in [2.24, 2.45) is 0 Å². The molecule has 0 spiro atoms. The molecule has 148 valence electrons. The maximum atomic E-state index is 13.6. The third kappa shape index (κ3) is 4.79. The Bertz CT molecular complexity index is 988. The van der Waals surface area contributed by atoms with Gasteiger partial charge < -0.3 is 4.74 Å². The molecular formula is C21H24N2O3S2. The van der Waals surface area contributed by atoms with Gasteiger partial charge >= 0.3 is 0 Å². The lowest BCUT2D eigenvalue weighted by atomic mass is 10.2. The van der Waals surface area contributed by atoms with Crippen molar-refractivity contribution in [3.05, 3.63) is 76.2 Å². The highest BCUT2D eigenvalue weighted by molar-refractivity contribution is 7.89. The van der Waals surface area contributed by atoms with E-state index in [-0.39, 0.29) is 11.4 Å². The SMILES string of the molecule is CCc1ccc(OC)c(S(=O)(=O)N(CCc2cccs2)Cc2cccnc2)c1. The van der Waals surface area contributed by atoms with Crippen LogP contribution in [0.4, 0.5) is 0 Å². The average Bonchev–Trinajstić information content (AvgIpc) is 3.24. The van der Waals surface area contributed by atoms with E-state index in [0.717, 1.165) is 22.4 Å². The zero-order valence-electron chi connectivity index (χ0n) is 16.0.